The Morgan fingerprint density at radius 3 is 2.64 bits per heavy atom. The first-order valence-corrected chi connectivity index (χ1v) is 4.88. The second-order valence-corrected chi connectivity index (χ2v) is 3.94. The maximum Gasteiger partial charge on any atom is 0.313 e. The van der Waals surface area contributed by atoms with Crippen molar-refractivity contribution in [1.82, 2.24) is 0 Å². The van der Waals surface area contributed by atoms with Crippen molar-refractivity contribution in [2.45, 2.75) is 25.7 Å². The van der Waals surface area contributed by atoms with E-state index in [0.29, 0.717) is 11.4 Å². The fourth-order valence-corrected chi connectivity index (χ4v) is 1.50. The highest BCUT2D eigenvalue weighted by molar-refractivity contribution is 6.30. The van der Waals surface area contributed by atoms with Gasteiger partial charge in [-0.2, -0.15) is 0 Å². The van der Waals surface area contributed by atoms with Crippen LogP contribution in [0.1, 0.15) is 25.8 Å². The van der Waals surface area contributed by atoms with Crippen molar-refractivity contribution < 1.29 is 9.90 Å². The minimum absolute atomic E-state index is 0.544. The van der Waals surface area contributed by atoms with Gasteiger partial charge in [-0.05, 0) is 31.0 Å². The molecule has 14 heavy (non-hydrogen) atoms. The lowest BCUT2D eigenvalue weighted by Gasteiger charge is -2.23. The highest BCUT2D eigenvalue weighted by Gasteiger charge is 2.33. The molecule has 1 aromatic rings. The van der Waals surface area contributed by atoms with Gasteiger partial charge in [-0.25, -0.2) is 0 Å². The van der Waals surface area contributed by atoms with E-state index in [1.54, 1.807) is 31.2 Å². The average Bonchev–Trinajstić information content (AvgIpc) is 2.16. The lowest BCUT2D eigenvalue weighted by Crippen LogP contribution is -2.31. The number of hydrogen-bond donors (Lipinski definition) is 1. The number of hydrogen-bond acceptors (Lipinski definition) is 1. The molecule has 0 aliphatic rings. The second kappa shape index (κ2) is 4.01. The van der Waals surface area contributed by atoms with Gasteiger partial charge in [0.1, 0.15) is 0 Å². The molecule has 0 fully saturated rings. The van der Waals surface area contributed by atoms with Gasteiger partial charge < -0.3 is 5.11 Å². The second-order valence-electron chi connectivity index (χ2n) is 3.50. The molecule has 0 saturated heterocycles. The molecule has 0 aliphatic carbocycles. The number of carbonyl (C=O) groups is 1. The summed E-state index contributed by atoms with van der Waals surface area (Å²) in [5.41, 5.74) is -0.0924. The van der Waals surface area contributed by atoms with Gasteiger partial charge in [0.25, 0.3) is 0 Å². The lowest BCUT2D eigenvalue weighted by atomic mass is 9.80. The smallest absolute Gasteiger partial charge is 0.313 e. The first-order chi connectivity index (χ1) is 6.50. The molecule has 76 valence electrons. The van der Waals surface area contributed by atoms with Crippen LogP contribution >= 0.6 is 11.6 Å². The Morgan fingerprint density at radius 2 is 2.21 bits per heavy atom. The zero-order valence-corrected chi connectivity index (χ0v) is 9.01. The normalized spacial score (nSPS) is 14.8. The van der Waals surface area contributed by atoms with Crippen LogP contribution in [-0.4, -0.2) is 11.1 Å². The van der Waals surface area contributed by atoms with Gasteiger partial charge >= 0.3 is 5.97 Å². The van der Waals surface area contributed by atoms with Crippen molar-refractivity contribution in [2.75, 3.05) is 0 Å². The van der Waals surface area contributed by atoms with E-state index >= 15 is 0 Å². The van der Waals surface area contributed by atoms with Crippen molar-refractivity contribution in [1.29, 1.82) is 0 Å². The van der Waals surface area contributed by atoms with Gasteiger partial charge in [-0.15, -0.1) is 0 Å². The predicted octanol–water partition coefficient (Wildman–Crippen LogP) is 3.09. The number of benzene rings is 1. The van der Waals surface area contributed by atoms with E-state index in [0.717, 1.165) is 5.56 Å². The summed E-state index contributed by atoms with van der Waals surface area (Å²) in [5.74, 6) is -0.817. The largest absolute Gasteiger partial charge is 0.481 e. The first kappa shape index (κ1) is 11.1. The van der Waals surface area contributed by atoms with Crippen molar-refractivity contribution in [3.8, 4) is 0 Å². The number of carboxylic acids is 1. The zero-order chi connectivity index (χ0) is 10.8. The molecular weight excluding hydrogens is 200 g/mol. The van der Waals surface area contributed by atoms with Crippen molar-refractivity contribution >= 4 is 17.6 Å². The SMILES string of the molecule is CC[C@](C)(C(=O)O)c1cccc(Cl)c1. The Morgan fingerprint density at radius 1 is 1.57 bits per heavy atom. The van der Waals surface area contributed by atoms with E-state index < -0.39 is 11.4 Å². The van der Waals surface area contributed by atoms with Crippen LogP contribution in [0.15, 0.2) is 24.3 Å². The van der Waals surface area contributed by atoms with Crippen LogP contribution in [0.2, 0.25) is 5.02 Å². The molecule has 1 aromatic carbocycles. The Labute approximate surface area is 88.5 Å². The van der Waals surface area contributed by atoms with Crippen LogP contribution in [-0.2, 0) is 10.2 Å². The van der Waals surface area contributed by atoms with Crippen LogP contribution in [0.5, 0.6) is 0 Å². The zero-order valence-electron chi connectivity index (χ0n) is 8.25. The van der Waals surface area contributed by atoms with E-state index in [1.807, 2.05) is 6.92 Å². The van der Waals surface area contributed by atoms with Crippen LogP contribution in [0.3, 0.4) is 0 Å². The third-order valence-electron chi connectivity index (χ3n) is 2.64. The fraction of sp³-hybridized carbons (Fsp3) is 0.364. The van der Waals surface area contributed by atoms with Gasteiger partial charge in [0.2, 0.25) is 0 Å². The molecule has 1 rings (SSSR count). The molecule has 0 radical (unpaired) electrons. The third kappa shape index (κ3) is 1.90. The Bertz CT molecular complexity index is 349. The highest BCUT2D eigenvalue weighted by Crippen LogP contribution is 2.29. The predicted molar refractivity (Wildman–Crippen MR) is 56.7 cm³/mol. The molecule has 2 nitrogen and oxygen atoms in total. The molecule has 1 atom stereocenters. The van der Waals surface area contributed by atoms with Crippen molar-refractivity contribution in [3.63, 3.8) is 0 Å². The lowest BCUT2D eigenvalue weighted by molar-refractivity contribution is -0.143. The number of carboxylic acid groups (broad SMARTS) is 1. The number of rotatable bonds is 3. The molecule has 0 aliphatic heterocycles. The summed E-state index contributed by atoms with van der Waals surface area (Å²) in [6.45, 7) is 3.57. The summed E-state index contributed by atoms with van der Waals surface area (Å²) < 4.78 is 0. The molecule has 3 heteroatoms. The summed E-state index contributed by atoms with van der Waals surface area (Å²) in [6, 6.07) is 7.01. The standard InChI is InChI=1S/C11H13ClO2/c1-3-11(2,10(13)14)8-5-4-6-9(12)7-8/h4-7H,3H2,1-2H3,(H,13,14)/t11-/m0/s1. The Kier molecular flexibility index (Phi) is 3.17. The molecule has 1 N–H and O–H groups in total. The molecule has 0 saturated carbocycles. The fourth-order valence-electron chi connectivity index (χ4n) is 1.31. The van der Waals surface area contributed by atoms with E-state index in [4.69, 9.17) is 16.7 Å². The van der Waals surface area contributed by atoms with E-state index in [1.165, 1.54) is 0 Å². The summed E-state index contributed by atoms with van der Waals surface area (Å²) in [7, 11) is 0. The summed E-state index contributed by atoms with van der Waals surface area (Å²) >= 11 is 5.82. The topological polar surface area (TPSA) is 37.3 Å². The molecule has 0 heterocycles. The van der Waals surface area contributed by atoms with E-state index in [-0.39, 0.29) is 0 Å². The van der Waals surface area contributed by atoms with Gasteiger partial charge in [0.15, 0.2) is 0 Å². The van der Waals surface area contributed by atoms with Crippen molar-refractivity contribution in [3.05, 3.63) is 34.9 Å². The van der Waals surface area contributed by atoms with Crippen molar-refractivity contribution in [2.24, 2.45) is 0 Å². The monoisotopic (exact) mass is 212 g/mol. The molecular formula is C11H13ClO2. The van der Waals surface area contributed by atoms with Gasteiger partial charge in [0.05, 0.1) is 5.41 Å². The minimum Gasteiger partial charge on any atom is -0.481 e. The van der Waals surface area contributed by atoms with Gasteiger partial charge in [-0.3, -0.25) is 4.79 Å². The summed E-state index contributed by atoms with van der Waals surface area (Å²) in [5, 5.41) is 9.71. The van der Waals surface area contributed by atoms with Gasteiger partial charge in [0, 0.05) is 5.02 Å². The summed E-state index contributed by atoms with van der Waals surface area (Å²) in [6.07, 6.45) is 0.544. The number of halogens is 1. The molecule has 0 bridgehead atoms. The molecule has 0 spiro atoms. The van der Waals surface area contributed by atoms with Crippen LogP contribution in [0.4, 0.5) is 0 Å². The molecule has 0 unspecified atom stereocenters. The number of aliphatic carboxylic acids is 1. The first-order valence-electron chi connectivity index (χ1n) is 4.50. The highest BCUT2D eigenvalue weighted by atomic mass is 35.5. The van der Waals surface area contributed by atoms with E-state index in [9.17, 15) is 4.79 Å². The van der Waals surface area contributed by atoms with Crippen LogP contribution in [0, 0.1) is 0 Å². The van der Waals surface area contributed by atoms with Gasteiger partial charge in [-0.1, -0.05) is 30.7 Å². The summed E-state index contributed by atoms with van der Waals surface area (Å²) in [4.78, 5) is 11.1. The Hall–Kier alpha value is -1.02. The Balaban J connectivity index is 3.19. The quantitative estimate of drug-likeness (QED) is 0.836. The van der Waals surface area contributed by atoms with E-state index in [2.05, 4.69) is 0 Å². The average molecular weight is 213 g/mol. The maximum atomic E-state index is 11.1. The third-order valence-corrected chi connectivity index (χ3v) is 2.88. The molecule has 0 aromatic heterocycles. The maximum absolute atomic E-state index is 11.1. The van der Waals surface area contributed by atoms with Crippen LogP contribution in [0.25, 0.3) is 0 Å². The minimum atomic E-state index is -0.842. The van der Waals surface area contributed by atoms with Crippen LogP contribution < -0.4 is 0 Å². The molecule has 0 amide bonds.